The van der Waals surface area contributed by atoms with Crippen molar-refractivity contribution in [3.05, 3.63) is 58.1 Å². The van der Waals surface area contributed by atoms with E-state index < -0.39 is 0 Å². The lowest BCUT2D eigenvalue weighted by Gasteiger charge is -2.25. The Labute approximate surface area is 135 Å². The normalized spacial score (nSPS) is 10.6. The Morgan fingerprint density at radius 2 is 1.86 bits per heavy atom. The lowest BCUT2D eigenvalue weighted by atomic mass is 10.1. The van der Waals surface area contributed by atoms with Crippen LogP contribution < -0.4 is 4.90 Å². The van der Waals surface area contributed by atoms with Crippen LogP contribution >= 0.6 is 15.9 Å². The number of anilines is 1. The van der Waals surface area contributed by atoms with Gasteiger partial charge >= 0.3 is 0 Å². The maximum atomic E-state index is 10.3. The van der Waals surface area contributed by atoms with Gasteiger partial charge in [-0.15, -0.1) is 0 Å². The van der Waals surface area contributed by atoms with Crippen LogP contribution in [0.25, 0.3) is 0 Å². The topological polar surface area (TPSA) is 23.5 Å². The summed E-state index contributed by atoms with van der Waals surface area (Å²) in [4.78, 5) is 2.32. The van der Waals surface area contributed by atoms with Crippen molar-refractivity contribution in [1.29, 1.82) is 0 Å². The largest absolute Gasteiger partial charge is 0.507 e. The summed E-state index contributed by atoms with van der Waals surface area (Å²) in [7, 11) is 0. The molecule has 0 heterocycles. The van der Waals surface area contributed by atoms with Gasteiger partial charge in [0.1, 0.15) is 5.75 Å². The first-order chi connectivity index (χ1) is 10.1. The third kappa shape index (κ3) is 4.24. The number of para-hydroxylation sites is 1. The molecule has 0 bridgehead atoms. The van der Waals surface area contributed by atoms with E-state index in [1.54, 1.807) is 0 Å². The molecule has 0 saturated heterocycles. The highest BCUT2D eigenvalue weighted by Crippen LogP contribution is 2.29. The van der Waals surface area contributed by atoms with Crippen molar-refractivity contribution in [3.8, 4) is 5.75 Å². The standard InChI is InChI=1S/C18H22BrNO/c1-3-4-10-20(17-8-6-5-7-9-17)13-15-12-16(19)11-14(2)18(15)21/h5-9,11-12,21H,3-4,10,13H2,1-2H3. The molecule has 3 heteroatoms. The molecule has 1 N–H and O–H groups in total. The molecule has 0 radical (unpaired) electrons. The number of halogens is 1. The first-order valence-electron chi connectivity index (χ1n) is 7.39. The third-order valence-corrected chi connectivity index (χ3v) is 4.07. The molecule has 0 saturated carbocycles. The zero-order chi connectivity index (χ0) is 15.2. The number of rotatable bonds is 6. The van der Waals surface area contributed by atoms with Crippen LogP contribution in [0.4, 0.5) is 5.69 Å². The van der Waals surface area contributed by atoms with E-state index in [9.17, 15) is 5.11 Å². The minimum Gasteiger partial charge on any atom is -0.507 e. The van der Waals surface area contributed by atoms with Gasteiger partial charge in [0.05, 0.1) is 0 Å². The molecule has 0 amide bonds. The molecule has 0 fully saturated rings. The van der Waals surface area contributed by atoms with Crippen LogP contribution in [0, 0.1) is 6.92 Å². The zero-order valence-corrected chi connectivity index (χ0v) is 14.2. The van der Waals surface area contributed by atoms with Gasteiger partial charge in [-0.1, -0.05) is 47.5 Å². The molecule has 0 aromatic heterocycles. The Morgan fingerprint density at radius 3 is 2.52 bits per heavy atom. The summed E-state index contributed by atoms with van der Waals surface area (Å²) in [6.07, 6.45) is 2.30. The molecule has 2 aromatic carbocycles. The third-order valence-electron chi connectivity index (χ3n) is 3.61. The van der Waals surface area contributed by atoms with Crippen molar-refractivity contribution in [2.75, 3.05) is 11.4 Å². The molecule has 0 atom stereocenters. The van der Waals surface area contributed by atoms with Gasteiger partial charge in [-0.25, -0.2) is 0 Å². The summed E-state index contributed by atoms with van der Waals surface area (Å²) < 4.78 is 1.01. The van der Waals surface area contributed by atoms with E-state index in [2.05, 4.69) is 52.0 Å². The van der Waals surface area contributed by atoms with Gasteiger partial charge in [-0.05, 0) is 43.2 Å². The minimum absolute atomic E-state index is 0.399. The fraction of sp³-hybridized carbons (Fsp3) is 0.333. The Morgan fingerprint density at radius 1 is 1.14 bits per heavy atom. The number of aromatic hydroxyl groups is 1. The van der Waals surface area contributed by atoms with Gasteiger partial charge in [0.25, 0.3) is 0 Å². The predicted octanol–water partition coefficient (Wildman–Crippen LogP) is 5.27. The lowest BCUT2D eigenvalue weighted by molar-refractivity contribution is 0.462. The second kappa shape index (κ2) is 7.51. The molecular weight excluding hydrogens is 326 g/mol. The minimum atomic E-state index is 0.399. The molecule has 2 rings (SSSR count). The summed E-state index contributed by atoms with van der Waals surface area (Å²) in [5, 5.41) is 10.3. The Hall–Kier alpha value is -1.48. The first-order valence-corrected chi connectivity index (χ1v) is 8.19. The maximum Gasteiger partial charge on any atom is 0.123 e. The zero-order valence-electron chi connectivity index (χ0n) is 12.6. The van der Waals surface area contributed by atoms with E-state index in [1.807, 2.05) is 25.1 Å². The van der Waals surface area contributed by atoms with Gasteiger partial charge in [0.15, 0.2) is 0 Å². The number of hydrogen-bond acceptors (Lipinski definition) is 2. The summed E-state index contributed by atoms with van der Waals surface area (Å²) in [6, 6.07) is 14.3. The first kappa shape index (κ1) is 15.9. The molecule has 21 heavy (non-hydrogen) atoms. The molecular formula is C18H22BrNO. The number of aryl methyl sites for hydroxylation is 1. The SMILES string of the molecule is CCCCN(Cc1cc(Br)cc(C)c1O)c1ccccc1. The van der Waals surface area contributed by atoms with Gasteiger partial charge < -0.3 is 10.0 Å². The van der Waals surface area contributed by atoms with E-state index in [4.69, 9.17) is 0 Å². The van der Waals surface area contributed by atoms with Crippen molar-refractivity contribution in [2.45, 2.75) is 33.2 Å². The van der Waals surface area contributed by atoms with Gasteiger partial charge in [-0.2, -0.15) is 0 Å². The van der Waals surface area contributed by atoms with Crippen molar-refractivity contribution >= 4 is 21.6 Å². The smallest absolute Gasteiger partial charge is 0.123 e. The Balaban J connectivity index is 2.27. The molecule has 0 spiro atoms. The number of phenols is 1. The summed E-state index contributed by atoms with van der Waals surface area (Å²) in [6.45, 7) is 5.84. The lowest BCUT2D eigenvalue weighted by Crippen LogP contribution is -2.23. The fourth-order valence-corrected chi connectivity index (χ4v) is 3.04. The summed E-state index contributed by atoms with van der Waals surface area (Å²) in [5.41, 5.74) is 3.06. The van der Waals surface area contributed by atoms with Crippen LogP contribution in [-0.2, 0) is 6.54 Å². The fourth-order valence-electron chi connectivity index (χ4n) is 2.42. The molecule has 2 aromatic rings. The highest BCUT2D eigenvalue weighted by atomic mass is 79.9. The van der Waals surface area contributed by atoms with Crippen LogP contribution in [0.3, 0.4) is 0 Å². The van der Waals surface area contributed by atoms with Crippen molar-refractivity contribution in [3.63, 3.8) is 0 Å². The number of phenolic OH excluding ortho intramolecular Hbond substituents is 1. The predicted molar refractivity (Wildman–Crippen MR) is 92.9 cm³/mol. The number of hydrogen-bond donors (Lipinski definition) is 1. The molecule has 0 aliphatic rings. The maximum absolute atomic E-state index is 10.3. The second-order valence-electron chi connectivity index (χ2n) is 5.34. The second-order valence-corrected chi connectivity index (χ2v) is 6.26. The van der Waals surface area contributed by atoms with Crippen LogP contribution in [-0.4, -0.2) is 11.7 Å². The van der Waals surface area contributed by atoms with E-state index in [0.29, 0.717) is 5.75 Å². The molecule has 0 unspecified atom stereocenters. The highest BCUT2D eigenvalue weighted by molar-refractivity contribution is 9.10. The quantitative estimate of drug-likeness (QED) is 0.769. The van der Waals surface area contributed by atoms with Crippen molar-refractivity contribution in [1.82, 2.24) is 0 Å². The van der Waals surface area contributed by atoms with Crippen LogP contribution in [0.1, 0.15) is 30.9 Å². The highest BCUT2D eigenvalue weighted by Gasteiger charge is 2.12. The Bertz CT molecular complexity index is 583. The summed E-state index contributed by atoms with van der Waals surface area (Å²) in [5.74, 6) is 0.399. The van der Waals surface area contributed by atoms with E-state index in [0.717, 1.165) is 41.5 Å². The molecule has 2 nitrogen and oxygen atoms in total. The number of benzene rings is 2. The van der Waals surface area contributed by atoms with E-state index >= 15 is 0 Å². The van der Waals surface area contributed by atoms with Crippen LogP contribution in [0.2, 0.25) is 0 Å². The average Bonchev–Trinajstić information content (AvgIpc) is 2.49. The van der Waals surface area contributed by atoms with Crippen LogP contribution in [0.15, 0.2) is 46.9 Å². The van der Waals surface area contributed by atoms with Crippen molar-refractivity contribution in [2.24, 2.45) is 0 Å². The van der Waals surface area contributed by atoms with Crippen molar-refractivity contribution < 1.29 is 5.11 Å². The van der Waals surface area contributed by atoms with E-state index in [-0.39, 0.29) is 0 Å². The van der Waals surface area contributed by atoms with Gasteiger partial charge in [-0.3, -0.25) is 0 Å². The Kier molecular flexibility index (Phi) is 5.68. The summed E-state index contributed by atoms with van der Waals surface area (Å²) >= 11 is 3.52. The van der Waals surface area contributed by atoms with Gasteiger partial charge in [0, 0.05) is 28.8 Å². The van der Waals surface area contributed by atoms with E-state index in [1.165, 1.54) is 5.69 Å². The molecule has 112 valence electrons. The average molecular weight is 348 g/mol. The molecule has 0 aliphatic heterocycles. The van der Waals surface area contributed by atoms with Gasteiger partial charge in [0.2, 0.25) is 0 Å². The number of nitrogens with zero attached hydrogens (tertiary/aromatic N) is 1. The van der Waals surface area contributed by atoms with Crippen LogP contribution in [0.5, 0.6) is 5.75 Å². The number of unbranched alkanes of at least 4 members (excludes halogenated alkanes) is 1. The monoisotopic (exact) mass is 347 g/mol. The molecule has 0 aliphatic carbocycles.